The first-order chi connectivity index (χ1) is 17.1. The van der Waals surface area contributed by atoms with Crippen LogP contribution in [0.4, 0.5) is 0 Å². The zero-order valence-corrected chi connectivity index (χ0v) is 20.2. The molecule has 1 spiro atoms. The summed E-state index contributed by atoms with van der Waals surface area (Å²) in [5, 5.41) is 4.44. The summed E-state index contributed by atoms with van der Waals surface area (Å²) >= 11 is 0. The quantitative estimate of drug-likeness (QED) is 0.539. The summed E-state index contributed by atoms with van der Waals surface area (Å²) in [7, 11) is 2.13. The summed E-state index contributed by atoms with van der Waals surface area (Å²) in [6, 6.07) is 7.97. The van der Waals surface area contributed by atoms with Crippen molar-refractivity contribution in [3.8, 4) is 28.8 Å². The highest BCUT2D eigenvalue weighted by Gasteiger charge is 2.48. The molecule has 1 saturated heterocycles. The number of ketones is 1. The number of rotatable bonds is 5. The monoisotopic (exact) mass is 473 g/mol. The van der Waals surface area contributed by atoms with E-state index >= 15 is 0 Å². The maximum absolute atomic E-state index is 13.1. The zero-order chi connectivity index (χ0) is 23.8. The van der Waals surface area contributed by atoms with Crippen LogP contribution in [0.15, 0.2) is 35.0 Å². The minimum absolute atomic E-state index is 0.292. The Hall–Kier alpha value is -3.13. The molecule has 182 valence electrons. The number of pyridine rings is 1. The van der Waals surface area contributed by atoms with E-state index in [1.54, 1.807) is 6.20 Å². The lowest BCUT2D eigenvalue weighted by atomic mass is 9.64. The summed E-state index contributed by atoms with van der Waals surface area (Å²) in [5.74, 6) is 2.01. The summed E-state index contributed by atoms with van der Waals surface area (Å²) < 4.78 is 12.1. The van der Waals surface area contributed by atoms with E-state index in [4.69, 9.17) is 19.2 Å². The van der Waals surface area contributed by atoms with Gasteiger partial charge in [0.25, 0.3) is 0 Å². The van der Waals surface area contributed by atoms with Gasteiger partial charge in [0.1, 0.15) is 12.4 Å². The predicted molar refractivity (Wildman–Crippen MR) is 130 cm³/mol. The maximum Gasteiger partial charge on any atom is 0.217 e. The molecule has 0 radical (unpaired) electrons. The van der Waals surface area contributed by atoms with Gasteiger partial charge in [-0.05, 0) is 70.7 Å². The molecule has 1 saturated carbocycles. The first kappa shape index (κ1) is 22.3. The number of Topliss-reactive ketones (excluding diaryl/α,β-unsaturated/α-hetero) is 1. The Labute approximate surface area is 205 Å². The number of likely N-dealkylation sites (N-methyl/N-ethyl adjacent to an activating group) is 1. The molecule has 0 N–H and O–H groups in total. The number of hydrogen-bond donors (Lipinski definition) is 0. The lowest BCUT2D eigenvalue weighted by Crippen LogP contribution is -2.41. The Morgan fingerprint density at radius 1 is 1.11 bits per heavy atom. The Kier molecular flexibility index (Phi) is 5.84. The van der Waals surface area contributed by atoms with E-state index < -0.39 is 5.41 Å². The first-order valence-corrected chi connectivity index (χ1v) is 12.8. The highest BCUT2D eigenvalue weighted by molar-refractivity contribution is 5.91. The number of hydrogen-bond acceptors (Lipinski definition) is 8. The van der Waals surface area contributed by atoms with Crippen molar-refractivity contribution in [2.45, 2.75) is 69.2 Å². The average Bonchev–Trinajstić information content (AvgIpc) is 3.52. The Bertz CT molecular complexity index is 1230. The SMILES string of the molecule is CN1CCC[C@H]1COc1cc(-c2ccccn2)nc(-c2noc3c2CCC[C@@]32CCCCC2=O)n1. The molecule has 8 nitrogen and oxygen atoms in total. The van der Waals surface area contributed by atoms with Gasteiger partial charge in [-0.3, -0.25) is 9.78 Å². The molecule has 0 unspecified atom stereocenters. The minimum atomic E-state index is -0.526. The van der Waals surface area contributed by atoms with Crippen LogP contribution in [0.25, 0.3) is 22.9 Å². The van der Waals surface area contributed by atoms with Gasteiger partial charge in [0, 0.05) is 30.3 Å². The number of aromatic nitrogens is 4. The highest BCUT2D eigenvalue weighted by Crippen LogP contribution is 2.47. The topological polar surface area (TPSA) is 94.2 Å². The van der Waals surface area contributed by atoms with Crippen LogP contribution in [0, 0.1) is 0 Å². The lowest BCUT2D eigenvalue weighted by molar-refractivity contribution is -0.128. The van der Waals surface area contributed by atoms with Gasteiger partial charge < -0.3 is 14.2 Å². The van der Waals surface area contributed by atoms with Crippen LogP contribution in [0.3, 0.4) is 0 Å². The van der Waals surface area contributed by atoms with E-state index in [-0.39, 0.29) is 0 Å². The summed E-state index contributed by atoms with van der Waals surface area (Å²) in [6.07, 6.45) is 10.1. The van der Waals surface area contributed by atoms with Crippen LogP contribution in [0.5, 0.6) is 5.88 Å². The van der Waals surface area contributed by atoms with E-state index in [1.165, 1.54) is 6.42 Å². The Balaban J connectivity index is 1.39. The molecule has 0 aromatic carbocycles. The van der Waals surface area contributed by atoms with E-state index in [0.717, 1.165) is 68.5 Å². The number of fused-ring (bicyclic) bond motifs is 2. The second kappa shape index (κ2) is 9.15. The number of likely N-dealkylation sites (tertiary alicyclic amines) is 1. The fourth-order valence-corrected chi connectivity index (χ4v) is 5.99. The van der Waals surface area contributed by atoms with Crippen molar-refractivity contribution in [2.24, 2.45) is 0 Å². The minimum Gasteiger partial charge on any atom is -0.476 e. The molecule has 35 heavy (non-hydrogen) atoms. The molecule has 3 aromatic rings. The van der Waals surface area contributed by atoms with Gasteiger partial charge >= 0.3 is 0 Å². The van der Waals surface area contributed by atoms with Crippen molar-refractivity contribution in [2.75, 3.05) is 20.2 Å². The van der Waals surface area contributed by atoms with Gasteiger partial charge in [-0.1, -0.05) is 17.6 Å². The van der Waals surface area contributed by atoms with Crippen molar-refractivity contribution in [1.82, 2.24) is 25.0 Å². The third kappa shape index (κ3) is 4.03. The van der Waals surface area contributed by atoms with Crippen molar-refractivity contribution >= 4 is 5.78 Å². The number of nitrogens with zero attached hydrogens (tertiary/aromatic N) is 5. The van der Waals surface area contributed by atoms with E-state index in [1.807, 2.05) is 24.3 Å². The second-order valence-electron chi connectivity index (χ2n) is 10.1. The molecular formula is C27H31N5O3. The van der Waals surface area contributed by atoms with Crippen LogP contribution in [-0.2, 0) is 16.6 Å². The smallest absolute Gasteiger partial charge is 0.217 e. The van der Waals surface area contributed by atoms with Crippen molar-refractivity contribution < 1.29 is 14.1 Å². The van der Waals surface area contributed by atoms with Crippen LogP contribution < -0.4 is 4.74 Å². The zero-order valence-electron chi connectivity index (χ0n) is 20.2. The normalized spacial score (nSPS) is 24.6. The highest BCUT2D eigenvalue weighted by atomic mass is 16.5. The number of carbonyl (C=O) groups is 1. The van der Waals surface area contributed by atoms with Crippen molar-refractivity contribution in [1.29, 1.82) is 0 Å². The lowest BCUT2D eigenvalue weighted by Gasteiger charge is -2.36. The van der Waals surface area contributed by atoms with E-state index in [9.17, 15) is 4.79 Å². The summed E-state index contributed by atoms with van der Waals surface area (Å²) in [4.78, 5) is 29.5. The molecule has 1 aliphatic heterocycles. The van der Waals surface area contributed by atoms with Gasteiger partial charge in [0.2, 0.25) is 5.88 Å². The third-order valence-electron chi connectivity index (χ3n) is 7.98. The van der Waals surface area contributed by atoms with E-state index in [0.29, 0.717) is 47.9 Å². The number of ether oxygens (including phenoxy) is 1. The molecule has 6 rings (SSSR count). The second-order valence-corrected chi connectivity index (χ2v) is 10.1. The molecule has 4 heterocycles. The van der Waals surface area contributed by atoms with Gasteiger partial charge in [0.05, 0.1) is 16.8 Å². The maximum atomic E-state index is 13.1. The van der Waals surface area contributed by atoms with Gasteiger partial charge in [-0.2, -0.15) is 4.98 Å². The molecule has 8 heteroatoms. The molecule has 2 atom stereocenters. The summed E-state index contributed by atoms with van der Waals surface area (Å²) in [5.41, 5.74) is 2.50. The fourth-order valence-electron chi connectivity index (χ4n) is 5.99. The van der Waals surface area contributed by atoms with Crippen molar-refractivity contribution in [3.63, 3.8) is 0 Å². The molecule has 0 bridgehead atoms. The van der Waals surface area contributed by atoms with E-state index in [2.05, 4.69) is 22.1 Å². The Morgan fingerprint density at radius 3 is 2.83 bits per heavy atom. The standard InChI is InChI=1S/C27H31N5O3/c1-32-15-7-8-18(32)17-34-23-16-21(20-10-3-5-14-28-20)29-26(30-23)24-19-9-6-13-27(25(19)35-31-24)12-4-2-11-22(27)33/h3,5,10,14,16,18H,2,4,6-9,11-13,15,17H2,1H3/t18-,27+/m0/s1. The first-order valence-electron chi connectivity index (χ1n) is 12.8. The van der Waals surface area contributed by atoms with Gasteiger partial charge in [-0.15, -0.1) is 0 Å². The van der Waals surface area contributed by atoms with Crippen LogP contribution >= 0.6 is 0 Å². The summed E-state index contributed by atoms with van der Waals surface area (Å²) in [6.45, 7) is 1.66. The molecule has 2 fully saturated rings. The fraction of sp³-hybridized carbons (Fsp3) is 0.519. The molecular weight excluding hydrogens is 442 g/mol. The van der Waals surface area contributed by atoms with Gasteiger partial charge in [0.15, 0.2) is 17.3 Å². The molecule has 3 aromatic heterocycles. The average molecular weight is 474 g/mol. The molecule has 2 aliphatic carbocycles. The Morgan fingerprint density at radius 2 is 2.03 bits per heavy atom. The van der Waals surface area contributed by atoms with Crippen LogP contribution in [-0.4, -0.2) is 57.0 Å². The van der Waals surface area contributed by atoms with Crippen LogP contribution in [0.2, 0.25) is 0 Å². The third-order valence-corrected chi connectivity index (χ3v) is 7.98. The number of carbonyl (C=O) groups excluding carboxylic acids is 1. The molecule has 0 amide bonds. The molecule has 3 aliphatic rings. The van der Waals surface area contributed by atoms with Crippen LogP contribution in [0.1, 0.15) is 62.7 Å². The van der Waals surface area contributed by atoms with Crippen molar-refractivity contribution in [3.05, 3.63) is 41.8 Å². The predicted octanol–water partition coefficient (Wildman–Crippen LogP) is 4.38. The largest absolute Gasteiger partial charge is 0.476 e. The van der Waals surface area contributed by atoms with Gasteiger partial charge in [-0.25, -0.2) is 4.98 Å².